The molecule has 20 heavy (non-hydrogen) atoms. The van der Waals surface area contributed by atoms with Crippen molar-refractivity contribution in [2.75, 3.05) is 18.0 Å². The zero-order valence-corrected chi connectivity index (χ0v) is 13.5. The van der Waals surface area contributed by atoms with Crippen LogP contribution in [0.4, 0.5) is 5.69 Å². The number of hydrogen-bond acceptors (Lipinski definition) is 2. The standard InChI is InChI=1S/C17H27ClN2/c1-3-5-11-20(15-8-9-15)16-7-6-14(17(18)12-16)13-19-10-4-2/h6-7,12,15,19H,3-5,8-11,13H2,1-2H3. The molecule has 1 fully saturated rings. The fourth-order valence-corrected chi connectivity index (χ4v) is 2.74. The highest BCUT2D eigenvalue weighted by molar-refractivity contribution is 6.31. The number of unbranched alkanes of at least 4 members (excludes halogenated alkanes) is 1. The lowest BCUT2D eigenvalue weighted by atomic mass is 10.1. The smallest absolute Gasteiger partial charge is 0.0471 e. The maximum absolute atomic E-state index is 6.44. The van der Waals surface area contributed by atoms with Crippen molar-refractivity contribution >= 4 is 17.3 Å². The number of rotatable bonds is 9. The average molecular weight is 295 g/mol. The molecule has 0 saturated heterocycles. The predicted molar refractivity (Wildman–Crippen MR) is 88.7 cm³/mol. The summed E-state index contributed by atoms with van der Waals surface area (Å²) in [6.45, 7) is 7.50. The Hall–Kier alpha value is -0.730. The molecule has 0 heterocycles. The lowest BCUT2D eigenvalue weighted by molar-refractivity contribution is 0.675. The van der Waals surface area contributed by atoms with E-state index < -0.39 is 0 Å². The van der Waals surface area contributed by atoms with Crippen LogP contribution in [0, 0.1) is 0 Å². The average Bonchev–Trinajstić information content (AvgIpc) is 3.26. The molecular formula is C17H27ClN2. The summed E-state index contributed by atoms with van der Waals surface area (Å²) >= 11 is 6.44. The topological polar surface area (TPSA) is 15.3 Å². The number of hydrogen-bond donors (Lipinski definition) is 1. The van der Waals surface area contributed by atoms with Crippen molar-refractivity contribution < 1.29 is 0 Å². The van der Waals surface area contributed by atoms with Crippen molar-refractivity contribution in [1.29, 1.82) is 0 Å². The molecule has 0 bridgehead atoms. The fourth-order valence-electron chi connectivity index (χ4n) is 2.50. The first-order valence-corrected chi connectivity index (χ1v) is 8.39. The van der Waals surface area contributed by atoms with Crippen molar-refractivity contribution in [1.82, 2.24) is 5.32 Å². The maximum atomic E-state index is 6.44. The van der Waals surface area contributed by atoms with Crippen LogP contribution in [0.1, 0.15) is 51.5 Å². The minimum absolute atomic E-state index is 0.752. The highest BCUT2D eigenvalue weighted by Gasteiger charge is 2.28. The van der Waals surface area contributed by atoms with Gasteiger partial charge in [0.2, 0.25) is 0 Å². The van der Waals surface area contributed by atoms with Gasteiger partial charge in [0.1, 0.15) is 0 Å². The van der Waals surface area contributed by atoms with Gasteiger partial charge in [0.25, 0.3) is 0 Å². The molecule has 0 unspecified atom stereocenters. The van der Waals surface area contributed by atoms with E-state index in [2.05, 4.69) is 42.3 Å². The van der Waals surface area contributed by atoms with E-state index >= 15 is 0 Å². The minimum Gasteiger partial charge on any atom is -0.369 e. The van der Waals surface area contributed by atoms with Gasteiger partial charge in [-0.25, -0.2) is 0 Å². The summed E-state index contributed by atoms with van der Waals surface area (Å²) in [5, 5.41) is 4.31. The molecule has 0 aromatic heterocycles. The predicted octanol–water partition coefficient (Wildman–Crippen LogP) is 4.61. The molecular weight excluding hydrogens is 268 g/mol. The summed E-state index contributed by atoms with van der Waals surface area (Å²) in [5.41, 5.74) is 2.50. The van der Waals surface area contributed by atoms with Crippen LogP contribution in [0.15, 0.2) is 18.2 Å². The molecule has 0 spiro atoms. The van der Waals surface area contributed by atoms with Crippen LogP contribution in [-0.2, 0) is 6.54 Å². The van der Waals surface area contributed by atoms with Gasteiger partial charge >= 0.3 is 0 Å². The SMILES string of the molecule is CCCCN(c1ccc(CNCCC)c(Cl)c1)C1CC1. The van der Waals surface area contributed by atoms with E-state index in [-0.39, 0.29) is 0 Å². The zero-order chi connectivity index (χ0) is 14.4. The summed E-state index contributed by atoms with van der Waals surface area (Å²) in [6, 6.07) is 7.32. The summed E-state index contributed by atoms with van der Waals surface area (Å²) in [6.07, 6.45) is 6.33. The van der Waals surface area contributed by atoms with Crippen LogP contribution in [0.5, 0.6) is 0 Å². The number of anilines is 1. The highest BCUT2D eigenvalue weighted by Crippen LogP contribution is 2.33. The number of halogens is 1. The third-order valence-electron chi connectivity index (χ3n) is 3.85. The van der Waals surface area contributed by atoms with E-state index in [9.17, 15) is 0 Å². The molecule has 3 heteroatoms. The Labute approximate surface area is 128 Å². The van der Waals surface area contributed by atoms with Crippen LogP contribution < -0.4 is 10.2 Å². The summed E-state index contributed by atoms with van der Waals surface area (Å²) in [5.74, 6) is 0. The Morgan fingerprint density at radius 1 is 1.25 bits per heavy atom. The lowest BCUT2D eigenvalue weighted by Gasteiger charge is -2.25. The van der Waals surface area contributed by atoms with Crippen molar-refractivity contribution in [2.24, 2.45) is 0 Å². The summed E-state index contributed by atoms with van der Waals surface area (Å²) < 4.78 is 0. The van der Waals surface area contributed by atoms with E-state index in [4.69, 9.17) is 11.6 Å². The van der Waals surface area contributed by atoms with E-state index in [1.807, 2.05) is 0 Å². The Bertz CT molecular complexity index is 415. The molecule has 1 N–H and O–H groups in total. The van der Waals surface area contributed by atoms with E-state index in [0.29, 0.717) is 0 Å². The molecule has 1 aliphatic rings. The van der Waals surface area contributed by atoms with Crippen LogP contribution in [-0.4, -0.2) is 19.1 Å². The largest absolute Gasteiger partial charge is 0.369 e. The van der Waals surface area contributed by atoms with Gasteiger partial charge in [-0.15, -0.1) is 0 Å². The van der Waals surface area contributed by atoms with Gasteiger partial charge in [-0.1, -0.05) is 37.9 Å². The molecule has 0 atom stereocenters. The van der Waals surface area contributed by atoms with Crippen molar-refractivity contribution in [3.8, 4) is 0 Å². The van der Waals surface area contributed by atoms with Crippen LogP contribution in [0.25, 0.3) is 0 Å². The van der Waals surface area contributed by atoms with Gasteiger partial charge in [-0.05, 0) is 49.9 Å². The molecule has 2 rings (SSSR count). The second-order valence-electron chi connectivity index (χ2n) is 5.73. The molecule has 1 aromatic carbocycles. The molecule has 2 nitrogen and oxygen atoms in total. The molecule has 0 amide bonds. The third-order valence-corrected chi connectivity index (χ3v) is 4.20. The van der Waals surface area contributed by atoms with Crippen molar-refractivity contribution in [3.63, 3.8) is 0 Å². The number of nitrogens with zero attached hydrogens (tertiary/aromatic N) is 1. The molecule has 0 aliphatic heterocycles. The zero-order valence-electron chi connectivity index (χ0n) is 12.8. The van der Waals surface area contributed by atoms with Gasteiger partial charge in [0.05, 0.1) is 0 Å². The van der Waals surface area contributed by atoms with E-state index in [0.717, 1.165) is 37.1 Å². The summed E-state index contributed by atoms with van der Waals surface area (Å²) in [4.78, 5) is 2.54. The first-order valence-electron chi connectivity index (χ1n) is 8.02. The van der Waals surface area contributed by atoms with Crippen LogP contribution in [0.3, 0.4) is 0 Å². The van der Waals surface area contributed by atoms with Gasteiger partial charge in [-0.2, -0.15) is 0 Å². The second-order valence-corrected chi connectivity index (χ2v) is 6.14. The highest BCUT2D eigenvalue weighted by atomic mass is 35.5. The monoisotopic (exact) mass is 294 g/mol. The molecule has 1 aromatic rings. The molecule has 1 aliphatic carbocycles. The lowest BCUT2D eigenvalue weighted by Crippen LogP contribution is -2.26. The van der Waals surface area contributed by atoms with Gasteiger partial charge in [0, 0.05) is 29.8 Å². The molecule has 112 valence electrons. The normalized spacial score (nSPS) is 14.6. The first-order chi connectivity index (χ1) is 9.76. The minimum atomic E-state index is 0.752. The number of benzene rings is 1. The Kier molecular flexibility index (Phi) is 6.18. The first kappa shape index (κ1) is 15.7. The van der Waals surface area contributed by atoms with Crippen LogP contribution >= 0.6 is 11.6 Å². The Balaban J connectivity index is 2.02. The van der Waals surface area contributed by atoms with Crippen molar-refractivity contribution in [3.05, 3.63) is 28.8 Å². The van der Waals surface area contributed by atoms with Crippen LogP contribution in [0.2, 0.25) is 5.02 Å². The molecule has 0 radical (unpaired) electrons. The van der Waals surface area contributed by atoms with Gasteiger partial charge in [-0.3, -0.25) is 0 Å². The Morgan fingerprint density at radius 2 is 2.05 bits per heavy atom. The van der Waals surface area contributed by atoms with Gasteiger partial charge in [0.15, 0.2) is 0 Å². The number of nitrogens with one attached hydrogen (secondary N) is 1. The quantitative estimate of drug-likeness (QED) is 0.669. The van der Waals surface area contributed by atoms with E-state index in [1.165, 1.54) is 36.9 Å². The molecule has 1 saturated carbocycles. The second kappa shape index (κ2) is 7.90. The third kappa shape index (κ3) is 4.39. The fraction of sp³-hybridized carbons (Fsp3) is 0.647. The van der Waals surface area contributed by atoms with Crippen molar-refractivity contribution in [2.45, 2.75) is 58.5 Å². The Morgan fingerprint density at radius 3 is 2.65 bits per heavy atom. The summed E-state index contributed by atoms with van der Waals surface area (Å²) in [7, 11) is 0. The van der Waals surface area contributed by atoms with E-state index in [1.54, 1.807) is 0 Å². The van der Waals surface area contributed by atoms with Gasteiger partial charge < -0.3 is 10.2 Å². The maximum Gasteiger partial charge on any atom is 0.0471 e.